The number of hydrogen-bond donors (Lipinski definition) is 1. The van der Waals surface area contributed by atoms with Gasteiger partial charge in [-0.2, -0.15) is 0 Å². The molecule has 0 radical (unpaired) electrons. The molecule has 2 nitrogen and oxygen atoms in total. The summed E-state index contributed by atoms with van der Waals surface area (Å²) in [4.78, 5) is 0. The van der Waals surface area contributed by atoms with E-state index in [1.807, 2.05) is 24.3 Å². The van der Waals surface area contributed by atoms with Crippen LogP contribution in [0.15, 0.2) is 47.3 Å². The highest BCUT2D eigenvalue weighted by atomic mass is 35.5. The van der Waals surface area contributed by atoms with Crippen molar-refractivity contribution in [3.63, 3.8) is 0 Å². The lowest BCUT2D eigenvalue weighted by Gasteiger charge is -2.14. The first-order valence-electron chi connectivity index (χ1n) is 5.73. The molecule has 1 unspecified atom stereocenters. The molecule has 1 atom stereocenters. The van der Waals surface area contributed by atoms with Gasteiger partial charge < -0.3 is 9.73 Å². The molecule has 1 aromatic carbocycles. The van der Waals surface area contributed by atoms with E-state index in [0.29, 0.717) is 6.04 Å². The summed E-state index contributed by atoms with van der Waals surface area (Å²) in [7, 11) is 0. The number of halogens is 1. The summed E-state index contributed by atoms with van der Waals surface area (Å²) < 4.78 is 5.02. The van der Waals surface area contributed by atoms with E-state index >= 15 is 0 Å². The third-order valence-electron chi connectivity index (χ3n) is 2.72. The largest absolute Gasteiger partial charge is 0.472 e. The smallest absolute Gasteiger partial charge is 0.0947 e. The highest BCUT2D eigenvalue weighted by molar-refractivity contribution is 6.31. The first-order chi connectivity index (χ1) is 8.25. The second kappa shape index (κ2) is 5.89. The molecule has 0 saturated heterocycles. The molecule has 17 heavy (non-hydrogen) atoms. The van der Waals surface area contributed by atoms with Gasteiger partial charge >= 0.3 is 0 Å². The average molecular weight is 250 g/mol. The van der Waals surface area contributed by atoms with E-state index in [4.69, 9.17) is 16.0 Å². The van der Waals surface area contributed by atoms with Crippen LogP contribution in [0.1, 0.15) is 18.1 Å². The predicted octanol–water partition coefficient (Wildman–Crippen LogP) is 3.65. The number of hydrogen-bond acceptors (Lipinski definition) is 2. The molecule has 1 aromatic heterocycles. The normalized spacial score (nSPS) is 12.6. The molecule has 2 aromatic rings. The van der Waals surface area contributed by atoms with Crippen LogP contribution in [0.3, 0.4) is 0 Å². The Morgan fingerprint density at radius 3 is 2.82 bits per heavy atom. The molecule has 0 spiro atoms. The van der Waals surface area contributed by atoms with Gasteiger partial charge in [0.05, 0.1) is 12.5 Å². The fourth-order valence-electron chi connectivity index (χ4n) is 1.75. The molecule has 2 rings (SSSR count). The second-order valence-corrected chi connectivity index (χ2v) is 4.62. The maximum Gasteiger partial charge on any atom is 0.0947 e. The topological polar surface area (TPSA) is 25.2 Å². The first kappa shape index (κ1) is 12.2. The monoisotopic (exact) mass is 249 g/mol. The van der Waals surface area contributed by atoms with Crippen LogP contribution in [-0.2, 0) is 13.0 Å². The molecule has 0 aliphatic heterocycles. The van der Waals surface area contributed by atoms with Gasteiger partial charge in [0.15, 0.2) is 0 Å². The highest BCUT2D eigenvalue weighted by Gasteiger charge is 2.06. The summed E-state index contributed by atoms with van der Waals surface area (Å²) in [5.41, 5.74) is 2.34. The molecule has 0 amide bonds. The number of nitrogens with one attached hydrogen (secondary N) is 1. The van der Waals surface area contributed by atoms with Crippen molar-refractivity contribution in [2.24, 2.45) is 0 Å². The molecular weight excluding hydrogens is 234 g/mol. The van der Waals surface area contributed by atoms with Crippen LogP contribution in [-0.4, -0.2) is 6.04 Å². The fraction of sp³-hybridized carbons (Fsp3) is 0.286. The van der Waals surface area contributed by atoms with E-state index in [1.165, 1.54) is 5.56 Å². The van der Waals surface area contributed by atoms with Crippen molar-refractivity contribution in [2.45, 2.75) is 25.9 Å². The van der Waals surface area contributed by atoms with Crippen molar-refractivity contribution in [3.8, 4) is 0 Å². The lowest BCUT2D eigenvalue weighted by atomic mass is 10.1. The molecule has 0 bridgehead atoms. The third kappa shape index (κ3) is 3.62. The minimum absolute atomic E-state index is 0.379. The molecule has 0 saturated carbocycles. The summed E-state index contributed by atoms with van der Waals surface area (Å²) in [6.45, 7) is 2.98. The lowest BCUT2D eigenvalue weighted by molar-refractivity contribution is 0.532. The van der Waals surface area contributed by atoms with Crippen LogP contribution in [0.2, 0.25) is 5.02 Å². The molecule has 0 aliphatic carbocycles. The maximum atomic E-state index is 6.13. The van der Waals surface area contributed by atoms with Crippen molar-refractivity contribution in [1.29, 1.82) is 0 Å². The van der Waals surface area contributed by atoms with Gasteiger partial charge in [-0.05, 0) is 31.0 Å². The minimum Gasteiger partial charge on any atom is -0.472 e. The first-order valence-corrected chi connectivity index (χ1v) is 6.11. The van der Waals surface area contributed by atoms with E-state index in [0.717, 1.165) is 23.6 Å². The summed E-state index contributed by atoms with van der Waals surface area (Å²) in [6.07, 6.45) is 4.38. The molecule has 1 N–H and O–H groups in total. The number of furan rings is 1. The van der Waals surface area contributed by atoms with E-state index < -0.39 is 0 Å². The van der Waals surface area contributed by atoms with Crippen LogP contribution in [0.4, 0.5) is 0 Å². The summed E-state index contributed by atoms with van der Waals surface area (Å²) in [5, 5.41) is 4.28. The fourth-order valence-corrected chi connectivity index (χ4v) is 1.96. The van der Waals surface area contributed by atoms with Gasteiger partial charge in [-0.1, -0.05) is 29.8 Å². The van der Waals surface area contributed by atoms with Crippen LogP contribution in [0.25, 0.3) is 0 Å². The maximum absolute atomic E-state index is 6.13. The van der Waals surface area contributed by atoms with E-state index in [-0.39, 0.29) is 0 Å². The highest BCUT2D eigenvalue weighted by Crippen LogP contribution is 2.16. The zero-order valence-electron chi connectivity index (χ0n) is 9.82. The van der Waals surface area contributed by atoms with Gasteiger partial charge in [0.25, 0.3) is 0 Å². The van der Waals surface area contributed by atoms with E-state index in [9.17, 15) is 0 Å². The van der Waals surface area contributed by atoms with Crippen LogP contribution in [0, 0.1) is 0 Å². The van der Waals surface area contributed by atoms with Crippen LogP contribution < -0.4 is 5.32 Å². The Kier molecular flexibility index (Phi) is 4.24. The SMILES string of the molecule is CC(Cc1ccccc1Cl)NCc1ccoc1. The number of benzene rings is 1. The van der Waals surface area contributed by atoms with Crippen molar-refractivity contribution < 1.29 is 4.42 Å². The van der Waals surface area contributed by atoms with Crippen molar-refractivity contribution >= 4 is 11.6 Å². The minimum atomic E-state index is 0.379. The molecule has 1 heterocycles. The Morgan fingerprint density at radius 1 is 1.29 bits per heavy atom. The second-order valence-electron chi connectivity index (χ2n) is 4.21. The quantitative estimate of drug-likeness (QED) is 0.875. The summed E-state index contributed by atoms with van der Waals surface area (Å²) in [6, 6.07) is 10.3. The van der Waals surface area contributed by atoms with Crippen LogP contribution in [0.5, 0.6) is 0 Å². The Balaban J connectivity index is 1.85. The summed E-state index contributed by atoms with van der Waals surface area (Å²) in [5.74, 6) is 0. The Hall–Kier alpha value is -1.25. The molecule has 0 fully saturated rings. The van der Waals surface area contributed by atoms with Gasteiger partial charge in [-0.25, -0.2) is 0 Å². The standard InChI is InChI=1S/C14H16ClNO/c1-11(16-9-12-6-7-17-10-12)8-13-4-2-3-5-14(13)15/h2-7,10-11,16H,8-9H2,1H3. The predicted molar refractivity (Wildman–Crippen MR) is 70.2 cm³/mol. The zero-order valence-corrected chi connectivity index (χ0v) is 10.6. The van der Waals surface area contributed by atoms with E-state index in [1.54, 1.807) is 12.5 Å². The number of rotatable bonds is 5. The van der Waals surface area contributed by atoms with Gasteiger partial charge in [0.1, 0.15) is 0 Å². The molecular formula is C14H16ClNO. The molecule has 3 heteroatoms. The zero-order chi connectivity index (χ0) is 12.1. The van der Waals surface area contributed by atoms with E-state index in [2.05, 4.69) is 18.3 Å². The van der Waals surface area contributed by atoms with Crippen molar-refractivity contribution in [2.75, 3.05) is 0 Å². The van der Waals surface area contributed by atoms with Gasteiger partial charge in [-0.3, -0.25) is 0 Å². The third-order valence-corrected chi connectivity index (χ3v) is 3.09. The molecule has 0 aliphatic rings. The Labute approximate surface area is 107 Å². The van der Waals surface area contributed by atoms with Gasteiger partial charge in [0, 0.05) is 23.2 Å². The molecule has 90 valence electrons. The Morgan fingerprint density at radius 2 is 2.12 bits per heavy atom. The van der Waals surface area contributed by atoms with Gasteiger partial charge in [0.2, 0.25) is 0 Å². The van der Waals surface area contributed by atoms with Gasteiger partial charge in [-0.15, -0.1) is 0 Å². The van der Waals surface area contributed by atoms with Crippen LogP contribution >= 0.6 is 11.6 Å². The van der Waals surface area contributed by atoms with Crippen molar-refractivity contribution in [1.82, 2.24) is 5.32 Å². The summed E-state index contributed by atoms with van der Waals surface area (Å²) >= 11 is 6.13. The Bertz CT molecular complexity index is 453. The average Bonchev–Trinajstić information content (AvgIpc) is 2.82. The van der Waals surface area contributed by atoms with Crippen molar-refractivity contribution in [3.05, 3.63) is 59.0 Å². The lowest BCUT2D eigenvalue weighted by Crippen LogP contribution is -2.27.